The van der Waals surface area contributed by atoms with Gasteiger partial charge in [-0.1, -0.05) is 6.07 Å². The lowest BCUT2D eigenvalue weighted by Crippen LogP contribution is -2.38. The number of benzene rings is 3. The van der Waals surface area contributed by atoms with Crippen LogP contribution in [0.3, 0.4) is 0 Å². The molecule has 1 saturated heterocycles. The van der Waals surface area contributed by atoms with E-state index in [4.69, 9.17) is 15.2 Å². The molecule has 4 aromatic rings. The number of rotatable bonds is 9. The second-order valence-electron chi connectivity index (χ2n) is 9.88. The average molecular weight is 578 g/mol. The Bertz CT molecular complexity index is 1620. The summed E-state index contributed by atoms with van der Waals surface area (Å²) in [7, 11) is -0.481. The van der Waals surface area contributed by atoms with Gasteiger partial charge in [0, 0.05) is 36.2 Å². The van der Waals surface area contributed by atoms with E-state index in [1.807, 2.05) is 18.2 Å². The highest BCUT2D eigenvalue weighted by molar-refractivity contribution is 7.89. The topological polar surface area (TPSA) is 120 Å². The van der Waals surface area contributed by atoms with Crippen LogP contribution in [0.4, 0.5) is 21.7 Å². The average Bonchev–Trinajstić information content (AvgIpc) is 2.99. The molecule has 0 atom stereocenters. The standard InChI is InChI=1S/C30H32FN5O4S/c1-39-28-10-4-22(18-29(28)40-2)27-11-14-33-30(35-27)34-24-6-8-25(9-7-24)41(37,38)36-15-12-20(13-16-36)17-21-3-5-23(31)19-26(21)32/h3-11,14,18-20H,12-13,15-17,32H2,1-2H3,(H,33,34,35). The Balaban J connectivity index is 1.22. The molecule has 0 saturated carbocycles. The molecule has 0 aliphatic carbocycles. The van der Waals surface area contributed by atoms with Gasteiger partial charge in [0.15, 0.2) is 11.5 Å². The maximum Gasteiger partial charge on any atom is 0.243 e. The quantitative estimate of drug-likeness (QED) is 0.258. The molecule has 3 aromatic carbocycles. The molecule has 0 spiro atoms. The summed E-state index contributed by atoms with van der Waals surface area (Å²) in [6.07, 6.45) is 3.77. The van der Waals surface area contributed by atoms with Gasteiger partial charge < -0.3 is 20.5 Å². The number of halogens is 1. The molecule has 2 heterocycles. The van der Waals surface area contributed by atoms with Gasteiger partial charge in [0.25, 0.3) is 0 Å². The molecule has 1 aliphatic rings. The van der Waals surface area contributed by atoms with E-state index in [0.717, 1.165) is 11.1 Å². The molecule has 3 N–H and O–H groups in total. The number of aromatic nitrogens is 2. The van der Waals surface area contributed by atoms with E-state index in [9.17, 15) is 12.8 Å². The predicted molar refractivity (Wildman–Crippen MR) is 156 cm³/mol. The van der Waals surface area contributed by atoms with E-state index < -0.39 is 10.0 Å². The fourth-order valence-electron chi connectivity index (χ4n) is 4.98. The van der Waals surface area contributed by atoms with Gasteiger partial charge in [0.2, 0.25) is 16.0 Å². The van der Waals surface area contributed by atoms with Crippen LogP contribution in [-0.4, -0.2) is 50.0 Å². The number of nitrogen functional groups attached to an aromatic ring is 1. The van der Waals surface area contributed by atoms with E-state index in [1.54, 1.807) is 56.8 Å². The summed E-state index contributed by atoms with van der Waals surface area (Å²) in [5.41, 5.74) is 9.47. The summed E-state index contributed by atoms with van der Waals surface area (Å²) >= 11 is 0. The smallest absolute Gasteiger partial charge is 0.243 e. The second kappa shape index (κ2) is 12.1. The van der Waals surface area contributed by atoms with E-state index in [1.165, 1.54) is 16.4 Å². The number of nitrogens with two attached hydrogens (primary N) is 1. The molecule has 214 valence electrons. The molecular weight excluding hydrogens is 545 g/mol. The third-order valence-corrected chi connectivity index (χ3v) is 9.19. The molecular formula is C30H32FN5O4S. The molecule has 1 fully saturated rings. The summed E-state index contributed by atoms with van der Waals surface area (Å²) in [6, 6.07) is 18.3. The molecule has 5 rings (SSSR count). The lowest BCUT2D eigenvalue weighted by Gasteiger charge is -2.31. The number of ether oxygens (including phenoxy) is 2. The maximum absolute atomic E-state index is 13.4. The number of sulfonamides is 1. The zero-order valence-corrected chi connectivity index (χ0v) is 23.7. The first kappa shape index (κ1) is 28.3. The van der Waals surface area contributed by atoms with Crippen LogP contribution < -0.4 is 20.5 Å². The van der Waals surface area contributed by atoms with Crippen LogP contribution in [0.5, 0.6) is 11.5 Å². The summed E-state index contributed by atoms with van der Waals surface area (Å²) in [4.78, 5) is 9.11. The highest BCUT2D eigenvalue weighted by Gasteiger charge is 2.29. The van der Waals surface area contributed by atoms with Crippen molar-refractivity contribution in [2.24, 2.45) is 5.92 Å². The number of nitrogens with one attached hydrogen (secondary N) is 1. The van der Waals surface area contributed by atoms with Crippen molar-refractivity contribution in [1.82, 2.24) is 14.3 Å². The van der Waals surface area contributed by atoms with Gasteiger partial charge in [0.05, 0.1) is 24.8 Å². The number of hydrogen-bond donors (Lipinski definition) is 2. The SMILES string of the molecule is COc1ccc(-c2ccnc(Nc3ccc(S(=O)(=O)N4CCC(Cc5ccc(F)cc5N)CC4)cc3)n2)cc1OC. The number of anilines is 3. The van der Waals surface area contributed by atoms with Crippen LogP contribution >= 0.6 is 0 Å². The van der Waals surface area contributed by atoms with Crippen molar-refractivity contribution >= 4 is 27.3 Å². The Morgan fingerprint density at radius 1 is 0.976 bits per heavy atom. The molecule has 9 nitrogen and oxygen atoms in total. The molecule has 0 radical (unpaired) electrons. The minimum absolute atomic E-state index is 0.226. The van der Waals surface area contributed by atoms with Crippen LogP contribution in [0.25, 0.3) is 11.3 Å². The van der Waals surface area contributed by atoms with E-state index in [0.29, 0.717) is 66.9 Å². The molecule has 11 heteroatoms. The fourth-order valence-corrected chi connectivity index (χ4v) is 6.45. The summed E-state index contributed by atoms with van der Waals surface area (Å²) < 4.78 is 52.2. The maximum atomic E-state index is 13.4. The van der Waals surface area contributed by atoms with E-state index in [-0.39, 0.29) is 16.6 Å². The Morgan fingerprint density at radius 3 is 2.39 bits per heavy atom. The van der Waals surface area contributed by atoms with Gasteiger partial charge in [-0.05, 0) is 91.4 Å². The Hall–Kier alpha value is -4.22. The first-order chi connectivity index (χ1) is 19.8. The number of nitrogens with zero attached hydrogens (tertiary/aromatic N) is 3. The lowest BCUT2D eigenvalue weighted by atomic mass is 9.90. The minimum atomic E-state index is -3.64. The predicted octanol–water partition coefficient (Wildman–Crippen LogP) is 5.27. The van der Waals surface area contributed by atoms with Gasteiger partial charge in [-0.2, -0.15) is 4.31 Å². The highest BCUT2D eigenvalue weighted by Crippen LogP contribution is 2.32. The second-order valence-corrected chi connectivity index (χ2v) is 11.8. The number of methoxy groups -OCH3 is 2. The van der Waals surface area contributed by atoms with Gasteiger partial charge >= 0.3 is 0 Å². The van der Waals surface area contributed by atoms with E-state index in [2.05, 4.69) is 15.3 Å². The highest BCUT2D eigenvalue weighted by atomic mass is 32.2. The molecule has 1 aromatic heterocycles. The molecule has 0 bridgehead atoms. The monoisotopic (exact) mass is 577 g/mol. The lowest BCUT2D eigenvalue weighted by molar-refractivity contribution is 0.273. The molecule has 0 amide bonds. The van der Waals surface area contributed by atoms with Crippen molar-refractivity contribution in [3.05, 3.63) is 84.3 Å². The van der Waals surface area contributed by atoms with Gasteiger partial charge in [-0.3, -0.25) is 0 Å². The van der Waals surface area contributed by atoms with Crippen molar-refractivity contribution in [3.63, 3.8) is 0 Å². The number of piperidine rings is 1. The van der Waals surface area contributed by atoms with Gasteiger partial charge in [-0.25, -0.2) is 22.8 Å². The van der Waals surface area contributed by atoms with Crippen LogP contribution in [0.2, 0.25) is 0 Å². The summed E-state index contributed by atoms with van der Waals surface area (Å²) in [5, 5.41) is 3.14. The van der Waals surface area contributed by atoms with Gasteiger partial charge in [-0.15, -0.1) is 0 Å². The normalized spacial score (nSPS) is 14.5. The molecule has 41 heavy (non-hydrogen) atoms. The van der Waals surface area contributed by atoms with Crippen LogP contribution in [0.1, 0.15) is 18.4 Å². The zero-order chi connectivity index (χ0) is 29.0. The third kappa shape index (κ3) is 6.41. The third-order valence-electron chi connectivity index (χ3n) is 7.27. The zero-order valence-electron chi connectivity index (χ0n) is 22.9. The van der Waals surface area contributed by atoms with E-state index >= 15 is 0 Å². The van der Waals surface area contributed by atoms with Crippen molar-refractivity contribution in [2.75, 3.05) is 38.4 Å². The van der Waals surface area contributed by atoms with Crippen LogP contribution in [-0.2, 0) is 16.4 Å². The largest absolute Gasteiger partial charge is 0.493 e. The first-order valence-electron chi connectivity index (χ1n) is 13.2. The van der Waals surface area contributed by atoms with Crippen LogP contribution in [0.15, 0.2) is 77.8 Å². The van der Waals surface area contributed by atoms with Gasteiger partial charge in [0.1, 0.15) is 5.82 Å². The Morgan fingerprint density at radius 2 is 1.71 bits per heavy atom. The minimum Gasteiger partial charge on any atom is -0.493 e. The Labute approximate surface area is 239 Å². The van der Waals surface area contributed by atoms with Crippen molar-refractivity contribution < 1.29 is 22.3 Å². The van der Waals surface area contributed by atoms with Crippen molar-refractivity contribution in [3.8, 4) is 22.8 Å². The van der Waals surface area contributed by atoms with Crippen molar-refractivity contribution in [2.45, 2.75) is 24.2 Å². The number of hydrogen-bond acceptors (Lipinski definition) is 8. The summed E-state index contributed by atoms with van der Waals surface area (Å²) in [5.74, 6) is 1.52. The molecule has 1 aliphatic heterocycles. The van der Waals surface area contributed by atoms with Crippen LogP contribution in [0, 0.1) is 11.7 Å². The molecule has 0 unspecified atom stereocenters. The van der Waals surface area contributed by atoms with Crippen molar-refractivity contribution in [1.29, 1.82) is 0 Å². The fraction of sp³-hybridized carbons (Fsp3) is 0.267. The Kier molecular flexibility index (Phi) is 8.36. The first-order valence-corrected chi connectivity index (χ1v) is 14.7. The summed E-state index contributed by atoms with van der Waals surface area (Å²) in [6.45, 7) is 0.843.